The van der Waals surface area contributed by atoms with E-state index in [1.807, 2.05) is 0 Å². The van der Waals surface area contributed by atoms with E-state index in [0.717, 1.165) is 12.0 Å². The van der Waals surface area contributed by atoms with E-state index in [2.05, 4.69) is 41.4 Å². The fraction of sp³-hybridized carbons (Fsp3) is 0.667. The minimum atomic E-state index is 0.762. The quantitative estimate of drug-likeness (QED) is 0.799. The van der Waals surface area contributed by atoms with E-state index in [9.17, 15) is 0 Å². The summed E-state index contributed by atoms with van der Waals surface area (Å²) >= 11 is 0. The van der Waals surface area contributed by atoms with Crippen LogP contribution in [0, 0.1) is 6.92 Å². The maximum absolute atomic E-state index is 3.74. The highest BCUT2D eigenvalue weighted by Crippen LogP contribution is 2.38. The molecule has 1 saturated heterocycles. The Labute approximate surface area is 123 Å². The lowest BCUT2D eigenvalue weighted by Gasteiger charge is -2.37. The molecule has 0 atom stereocenters. The Morgan fingerprint density at radius 3 is 2.65 bits per heavy atom. The molecule has 0 aromatic heterocycles. The lowest BCUT2D eigenvalue weighted by atomic mass is 9.74. The van der Waals surface area contributed by atoms with Crippen molar-refractivity contribution in [3.05, 3.63) is 35.4 Å². The van der Waals surface area contributed by atoms with Crippen molar-refractivity contribution < 1.29 is 0 Å². The molecule has 1 aliphatic carbocycles. The molecule has 2 heteroatoms. The van der Waals surface area contributed by atoms with Gasteiger partial charge in [0, 0.05) is 6.04 Å². The summed E-state index contributed by atoms with van der Waals surface area (Å²) in [6.07, 6.45) is 6.79. The van der Waals surface area contributed by atoms with Crippen molar-refractivity contribution in [3.63, 3.8) is 0 Å². The summed E-state index contributed by atoms with van der Waals surface area (Å²) in [6.45, 7) is 7.40. The zero-order chi connectivity index (χ0) is 13.8. The summed E-state index contributed by atoms with van der Waals surface area (Å²) in [5.41, 5.74) is 3.03. The molecular formula is C18H28N2. The van der Waals surface area contributed by atoms with Crippen molar-refractivity contribution in [1.82, 2.24) is 10.2 Å². The zero-order valence-corrected chi connectivity index (χ0v) is 12.8. The van der Waals surface area contributed by atoms with Crippen LogP contribution in [0.4, 0.5) is 0 Å². The zero-order valence-electron chi connectivity index (χ0n) is 12.8. The first-order valence-electron chi connectivity index (χ1n) is 8.34. The molecule has 1 aromatic rings. The molecule has 1 aromatic carbocycles. The van der Waals surface area contributed by atoms with Crippen molar-refractivity contribution in [2.45, 2.75) is 51.0 Å². The highest BCUT2D eigenvalue weighted by molar-refractivity contribution is 5.31. The average molecular weight is 272 g/mol. The van der Waals surface area contributed by atoms with Crippen molar-refractivity contribution in [3.8, 4) is 0 Å². The maximum Gasteiger partial charge on any atom is 0.00787 e. The van der Waals surface area contributed by atoms with Crippen LogP contribution in [0.2, 0.25) is 0 Å². The van der Waals surface area contributed by atoms with E-state index < -0.39 is 0 Å². The van der Waals surface area contributed by atoms with Crippen molar-refractivity contribution in [2.75, 3.05) is 26.2 Å². The Bertz CT molecular complexity index is 417. The van der Waals surface area contributed by atoms with E-state index >= 15 is 0 Å². The smallest absolute Gasteiger partial charge is 0.00787 e. The lowest BCUT2D eigenvalue weighted by molar-refractivity contribution is 0.276. The summed E-state index contributed by atoms with van der Waals surface area (Å²) < 4.78 is 0. The molecule has 1 saturated carbocycles. The molecule has 2 nitrogen and oxygen atoms in total. The van der Waals surface area contributed by atoms with E-state index in [0.29, 0.717) is 0 Å². The van der Waals surface area contributed by atoms with Crippen LogP contribution in [0.3, 0.4) is 0 Å². The fourth-order valence-electron chi connectivity index (χ4n) is 3.70. The standard InChI is InChI=1S/C18H28N2/c1-15-7-2-3-8-18(15)16-13-17(14-16)19-9-6-12-20-10-4-5-11-20/h2-3,7-8,16-17,19H,4-6,9-14H2,1H3. The topological polar surface area (TPSA) is 15.3 Å². The Morgan fingerprint density at radius 2 is 1.90 bits per heavy atom. The third-order valence-corrected chi connectivity index (χ3v) is 5.05. The molecule has 1 heterocycles. The molecule has 0 spiro atoms. The lowest BCUT2D eigenvalue weighted by Crippen LogP contribution is -2.41. The molecule has 3 rings (SSSR count). The number of aryl methyl sites for hydroxylation is 1. The van der Waals surface area contributed by atoms with Gasteiger partial charge < -0.3 is 10.2 Å². The number of hydrogen-bond donors (Lipinski definition) is 1. The van der Waals surface area contributed by atoms with Crippen LogP contribution >= 0.6 is 0 Å². The van der Waals surface area contributed by atoms with E-state index in [1.54, 1.807) is 5.56 Å². The van der Waals surface area contributed by atoms with Gasteiger partial charge >= 0.3 is 0 Å². The van der Waals surface area contributed by atoms with Crippen LogP contribution < -0.4 is 5.32 Å². The predicted molar refractivity (Wildman–Crippen MR) is 85.2 cm³/mol. The average Bonchev–Trinajstić information content (AvgIpc) is 2.91. The minimum Gasteiger partial charge on any atom is -0.314 e. The largest absolute Gasteiger partial charge is 0.314 e. The SMILES string of the molecule is Cc1ccccc1C1CC(NCCCN2CCCC2)C1. The van der Waals surface area contributed by atoms with Gasteiger partial charge in [0.15, 0.2) is 0 Å². The van der Waals surface area contributed by atoms with Gasteiger partial charge in [0.05, 0.1) is 0 Å². The van der Waals surface area contributed by atoms with Gasteiger partial charge in [-0.1, -0.05) is 24.3 Å². The highest BCUT2D eigenvalue weighted by Gasteiger charge is 2.30. The van der Waals surface area contributed by atoms with Crippen LogP contribution in [0.1, 0.15) is 49.1 Å². The summed E-state index contributed by atoms with van der Waals surface area (Å²) in [7, 11) is 0. The molecule has 0 unspecified atom stereocenters. The monoisotopic (exact) mass is 272 g/mol. The second kappa shape index (κ2) is 6.73. The molecule has 0 bridgehead atoms. The molecule has 110 valence electrons. The summed E-state index contributed by atoms with van der Waals surface area (Å²) in [5.74, 6) is 0.798. The summed E-state index contributed by atoms with van der Waals surface area (Å²) in [4.78, 5) is 2.61. The fourth-order valence-corrected chi connectivity index (χ4v) is 3.70. The van der Waals surface area contributed by atoms with Crippen molar-refractivity contribution >= 4 is 0 Å². The van der Waals surface area contributed by atoms with Gasteiger partial charge in [-0.3, -0.25) is 0 Å². The Morgan fingerprint density at radius 1 is 1.15 bits per heavy atom. The Kier molecular flexibility index (Phi) is 4.74. The third-order valence-electron chi connectivity index (χ3n) is 5.05. The summed E-state index contributed by atoms with van der Waals surface area (Å²) in [6, 6.07) is 9.64. The van der Waals surface area contributed by atoms with Gasteiger partial charge in [-0.05, 0) is 82.3 Å². The van der Waals surface area contributed by atoms with Crippen LogP contribution in [-0.2, 0) is 0 Å². The van der Waals surface area contributed by atoms with Crippen LogP contribution in [0.25, 0.3) is 0 Å². The maximum atomic E-state index is 3.74. The van der Waals surface area contributed by atoms with Crippen LogP contribution in [0.15, 0.2) is 24.3 Å². The first kappa shape index (κ1) is 14.1. The Balaban J connectivity index is 1.31. The highest BCUT2D eigenvalue weighted by atomic mass is 15.1. The number of nitrogens with zero attached hydrogens (tertiary/aromatic N) is 1. The van der Waals surface area contributed by atoms with Crippen LogP contribution in [-0.4, -0.2) is 37.1 Å². The second-order valence-corrected chi connectivity index (χ2v) is 6.58. The van der Waals surface area contributed by atoms with E-state index in [1.165, 1.54) is 63.8 Å². The van der Waals surface area contributed by atoms with Gasteiger partial charge in [-0.2, -0.15) is 0 Å². The second-order valence-electron chi connectivity index (χ2n) is 6.58. The predicted octanol–water partition coefficient (Wildman–Crippen LogP) is 3.32. The minimum absolute atomic E-state index is 0.762. The molecular weight excluding hydrogens is 244 g/mol. The summed E-state index contributed by atoms with van der Waals surface area (Å²) in [5, 5.41) is 3.74. The third kappa shape index (κ3) is 3.42. The normalized spacial score (nSPS) is 26.6. The van der Waals surface area contributed by atoms with Gasteiger partial charge in [0.1, 0.15) is 0 Å². The molecule has 2 aliphatic rings. The number of rotatable bonds is 6. The number of nitrogens with one attached hydrogen (secondary N) is 1. The van der Waals surface area contributed by atoms with Crippen molar-refractivity contribution in [1.29, 1.82) is 0 Å². The van der Waals surface area contributed by atoms with Crippen LogP contribution in [0.5, 0.6) is 0 Å². The first-order valence-corrected chi connectivity index (χ1v) is 8.34. The molecule has 1 aliphatic heterocycles. The van der Waals surface area contributed by atoms with E-state index in [4.69, 9.17) is 0 Å². The number of hydrogen-bond acceptors (Lipinski definition) is 2. The number of benzene rings is 1. The van der Waals surface area contributed by atoms with Gasteiger partial charge in [0.2, 0.25) is 0 Å². The van der Waals surface area contributed by atoms with Gasteiger partial charge in [0.25, 0.3) is 0 Å². The van der Waals surface area contributed by atoms with Gasteiger partial charge in [-0.15, -0.1) is 0 Å². The van der Waals surface area contributed by atoms with Gasteiger partial charge in [-0.25, -0.2) is 0 Å². The molecule has 0 amide bonds. The Hall–Kier alpha value is -0.860. The molecule has 20 heavy (non-hydrogen) atoms. The molecule has 0 radical (unpaired) electrons. The van der Waals surface area contributed by atoms with E-state index in [-0.39, 0.29) is 0 Å². The first-order chi connectivity index (χ1) is 9.83. The number of likely N-dealkylation sites (tertiary alicyclic amines) is 1. The molecule has 1 N–H and O–H groups in total. The molecule has 2 fully saturated rings. The van der Waals surface area contributed by atoms with Crippen molar-refractivity contribution in [2.24, 2.45) is 0 Å².